The maximum atomic E-state index is 13.9. The molecule has 1 atom stereocenters. The highest BCUT2D eigenvalue weighted by Gasteiger charge is 2.33. The topological polar surface area (TPSA) is 102 Å². The summed E-state index contributed by atoms with van der Waals surface area (Å²) in [6.45, 7) is 5.84. The van der Waals surface area contributed by atoms with Crippen molar-refractivity contribution in [2.75, 3.05) is 0 Å². The molecule has 0 spiro atoms. The third-order valence-corrected chi connectivity index (χ3v) is 8.93. The molecule has 1 N–H and O–H groups in total. The molecule has 2 aromatic carbocycles. The molecule has 0 radical (unpaired) electrons. The van der Waals surface area contributed by atoms with Crippen LogP contribution >= 0.6 is 0 Å². The van der Waals surface area contributed by atoms with Gasteiger partial charge in [0.25, 0.3) is 5.56 Å². The second-order valence-corrected chi connectivity index (χ2v) is 11.8. The molecule has 2 heterocycles. The van der Waals surface area contributed by atoms with Crippen LogP contribution in [0.4, 0.5) is 0 Å². The van der Waals surface area contributed by atoms with E-state index in [0.717, 1.165) is 52.9 Å². The lowest BCUT2D eigenvalue weighted by atomic mass is 10.1. The summed E-state index contributed by atoms with van der Waals surface area (Å²) in [4.78, 5) is 21.9. The van der Waals surface area contributed by atoms with Gasteiger partial charge in [-0.2, -0.15) is 4.98 Å². The Hall–Kier alpha value is -3.78. The predicted octanol–water partition coefficient (Wildman–Crippen LogP) is 5.34. The number of aromatic hydroxyl groups is 1. The van der Waals surface area contributed by atoms with Crippen LogP contribution in [0.1, 0.15) is 60.6 Å². The van der Waals surface area contributed by atoms with Gasteiger partial charge in [-0.3, -0.25) is 14.3 Å². The van der Waals surface area contributed by atoms with Crippen LogP contribution in [0.2, 0.25) is 0 Å². The molecule has 8 heteroatoms. The lowest BCUT2D eigenvalue weighted by molar-refractivity contribution is 0.408. The van der Waals surface area contributed by atoms with Gasteiger partial charge in [-0.1, -0.05) is 49.7 Å². The van der Waals surface area contributed by atoms with Crippen molar-refractivity contribution in [3.63, 3.8) is 0 Å². The second-order valence-electron chi connectivity index (χ2n) is 9.88. The first-order valence-electron chi connectivity index (χ1n) is 12.9. The average molecular weight is 530 g/mol. The molecule has 7 nitrogen and oxygen atoms in total. The number of fused-ring (bicyclic) bond motifs is 1. The first-order valence-corrected chi connectivity index (χ1v) is 14.4. The Balaban J connectivity index is 1.62. The number of benzene rings is 2. The van der Waals surface area contributed by atoms with Crippen LogP contribution in [0.25, 0.3) is 11.1 Å². The van der Waals surface area contributed by atoms with Gasteiger partial charge in [0.15, 0.2) is 4.90 Å². The molecule has 0 saturated heterocycles. The summed E-state index contributed by atoms with van der Waals surface area (Å²) in [5.74, 6) is -0.332. The first kappa shape index (κ1) is 25.9. The molecule has 0 aliphatic heterocycles. The van der Waals surface area contributed by atoms with E-state index in [1.165, 1.54) is 16.7 Å². The van der Waals surface area contributed by atoms with Crippen LogP contribution in [0.3, 0.4) is 0 Å². The van der Waals surface area contributed by atoms with Crippen LogP contribution in [0.5, 0.6) is 5.88 Å². The Morgan fingerprint density at radius 3 is 2.34 bits per heavy atom. The molecule has 196 valence electrons. The van der Waals surface area contributed by atoms with Crippen LogP contribution in [0.15, 0.2) is 75.2 Å². The highest BCUT2D eigenvalue weighted by atomic mass is 32.2. The fourth-order valence-corrected chi connectivity index (χ4v) is 6.71. The van der Waals surface area contributed by atoms with E-state index in [1.807, 2.05) is 57.2 Å². The van der Waals surface area contributed by atoms with E-state index in [4.69, 9.17) is 0 Å². The van der Waals surface area contributed by atoms with Gasteiger partial charge in [-0.25, -0.2) is 8.42 Å². The van der Waals surface area contributed by atoms with Crippen molar-refractivity contribution in [3.05, 3.63) is 99.4 Å². The molecule has 0 amide bonds. The van der Waals surface area contributed by atoms with Gasteiger partial charge >= 0.3 is 0 Å². The van der Waals surface area contributed by atoms with E-state index in [9.17, 15) is 18.3 Å². The Bertz CT molecular complexity index is 1650. The Morgan fingerprint density at radius 1 is 0.974 bits per heavy atom. The fourth-order valence-electron chi connectivity index (χ4n) is 5.37. The van der Waals surface area contributed by atoms with E-state index in [1.54, 1.807) is 12.1 Å². The molecule has 1 aliphatic carbocycles. The smallest absolute Gasteiger partial charge is 0.277 e. The van der Waals surface area contributed by atoms with Crippen molar-refractivity contribution < 1.29 is 13.5 Å². The average Bonchev–Trinajstić information content (AvgIpc) is 3.30. The molecule has 0 bridgehead atoms. The number of sulfone groups is 1. The number of hydrogen-bond donors (Lipinski definition) is 1. The van der Waals surface area contributed by atoms with Gasteiger partial charge in [0, 0.05) is 17.8 Å². The molecular formula is C30H31N3O4S. The van der Waals surface area contributed by atoms with Crippen molar-refractivity contribution in [2.45, 2.75) is 68.7 Å². The van der Waals surface area contributed by atoms with E-state index < -0.39 is 26.2 Å². The van der Waals surface area contributed by atoms with Crippen molar-refractivity contribution >= 4 is 9.84 Å². The summed E-state index contributed by atoms with van der Waals surface area (Å²) in [5.41, 5.74) is 4.89. The SMILES string of the molecule is CCCCc1nc(O)c(S(=O)(=O)c2ccc(-c3cc(C)nc(C)c3)cc2)c(=O)n1[C@H]1CCc2ccccc21. The molecular weight excluding hydrogens is 498 g/mol. The molecule has 4 aromatic rings. The predicted molar refractivity (Wildman–Crippen MR) is 146 cm³/mol. The zero-order chi connectivity index (χ0) is 27.0. The van der Waals surface area contributed by atoms with Crippen LogP contribution in [-0.2, 0) is 22.7 Å². The molecule has 0 unspecified atom stereocenters. The van der Waals surface area contributed by atoms with Crippen molar-refractivity contribution in [1.29, 1.82) is 0 Å². The molecule has 38 heavy (non-hydrogen) atoms. The van der Waals surface area contributed by atoms with E-state index in [2.05, 4.69) is 9.97 Å². The van der Waals surface area contributed by atoms with Gasteiger partial charge in [0.05, 0.1) is 10.9 Å². The molecule has 0 saturated carbocycles. The largest absolute Gasteiger partial charge is 0.492 e. The minimum absolute atomic E-state index is 0.0716. The monoisotopic (exact) mass is 529 g/mol. The highest BCUT2D eigenvalue weighted by Crippen LogP contribution is 2.36. The number of hydrogen-bond acceptors (Lipinski definition) is 6. The standard InChI is InChI=1S/C30H31N3O4S/c1-4-5-10-27-32-29(34)28(30(35)33(27)26-16-13-22-8-6-7-9-25(22)26)38(36,37)24-14-11-21(12-15-24)23-17-19(2)31-20(3)18-23/h6-9,11-12,14-15,17-18,26,34H,4-5,10,13,16H2,1-3H3/t26-/m0/s1. The minimum Gasteiger partial charge on any atom is -0.492 e. The third kappa shape index (κ3) is 4.65. The number of aryl methyl sites for hydroxylation is 4. The van der Waals surface area contributed by atoms with Crippen molar-refractivity contribution in [1.82, 2.24) is 14.5 Å². The normalized spacial score (nSPS) is 15.0. The number of aromatic nitrogens is 3. The minimum atomic E-state index is -4.34. The lowest BCUT2D eigenvalue weighted by Crippen LogP contribution is -2.33. The summed E-state index contributed by atoms with van der Waals surface area (Å²) < 4.78 is 29.0. The summed E-state index contributed by atoms with van der Waals surface area (Å²) in [6.07, 6.45) is 3.57. The number of unbranched alkanes of at least 4 members (excludes halogenated alkanes) is 1. The number of pyridine rings is 1. The van der Waals surface area contributed by atoms with Gasteiger partial charge in [0.1, 0.15) is 5.82 Å². The fraction of sp³-hybridized carbons (Fsp3) is 0.300. The summed E-state index contributed by atoms with van der Waals surface area (Å²) in [6, 6.07) is 17.8. The second kappa shape index (κ2) is 10.2. The van der Waals surface area contributed by atoms with Gasteiger partial charge in [0.2, 0.25) is 15.7 Å². The maximum absolute atomic E-state index is 13.9. The Kier molecular flexibility index (Phi) is 6.92. The van der Waals surface area contributed by atoms with Crippen LogP contribution < -0.4 is 5.56 Å². The molecule has 0 fully saturated rings. The van der Waals surface area contributed by atoms with Crippen molar-refractivity contribution in [3.8, 4) is 17.0 Å². The Labute approximate surface area is 222 Å². The summed E-state index contributed by atoms with van der Waals surface area (Å²) in [7, 11) is -4.34. The zero-order valence-corrected chi connectivity index (χ0v) is 22.6. The van der Waals surface area contributed by atoms with Gasteiger partial charge < -0.3 is 5.11 Å². The van der Waals surface area contributed by atoms with E-state index >= 15 is 0 Å². The van der Waals surface area contributed by atoms with Gasteiger partial charge in [-0.05, 0) is 79.6 Å². The zero-order valence-electron chi connectivity index (χ0n) is 21.8. The maximum Gasteiger partial charge on any atom is 0.277 e. The quantitative estimate of drug-likeness (QED) is 0.347. The van der Waals surface area contributed by atoms with E-state index in [0.29, 0.717) is 18.7 Å². The van der Waals surface area contributed by atoms with Crippen molar-refractivity contribution in [2.24, 2.45) is 0 Å². The third-order valence-electron chi connectivity index (χ3n) is 7.14. The summed E-state index contributed by atoms with van der Waals surface area (Å²) in [5, 5.41) is 10.8. The molecule has 1 aliphatic rings. The molecule has 5 rings (SSSR count). The lowest BCUT2D eigenvalue weighted by Gasteiger charge is -2.21. The van der Waals surface area contributed by atoms with Gasteiger partial charge in [-0.15, -0.1) is 0 Å². The highest BCUT2D eigenvalue weighted by molar-refractivity contribution is 7.91. The Morgan fingerprint density at radius 2 is 1.66 bits per heavy atom. The first-order chi connectivity index (χ1) is 18.2. The van der Waals surface area contributed by atoms with Crippen LogP contribution in [0, 0.1) is 13.8 Å². The molecule has 2 aromatic heterocycles. The number of rotatable bonds is 7. The van der Waals surface area contributed by atoms with E-state index in [-0.39, 0.29) is 10.9 Å². The van der Waals surface area contributed by atoms with Crippen LogP contribution in [-0.4, -0.2) is 28.1 Å². The summed E-state index contributed by atoms with van der Waals surface area (Å²) >= 11 is 0. The number of nitrogens with zero attached hydrogens (tertiary/aromatic N) is 3.